The molecule has 0 aliphatic rings. The third kappa shape index (κ3) is 2.67. The predicted molar refractivity (Wildman–Crippen MR) is 59.9 cm³/mol. The summed E-state index contributed by atoms with van der Waals surface area (Å²) >= 11 is 1.46. The summed E-state index contributed by atoms with van der Waals surface area (Å²) < 4.78 is 0. The van der Waals surface area contributed by atoms with Crippen LogP contribution in [0.4, 0.5) is 5.69 Å². The summed E-state index contributed by atoms with van der Waals surface area (Å²) in [6, 6.07) is 5.07. The van der Waals surface area contributed by atoms with Crippen LogP contribution < -0.4 is 5.32 Å². The largest absolute Gasteiger partial charge is 0.508 e. The van der Waals surface area contributed by atoms with Crippen LogP contribution in [0.5, 0.6) is 5.75 Å². The maximum absolute atomic E-state index is 11.3. The smallest absolute Gasteiger partial charge is 0.234 e. The summed E-state index contributed by atoms with van der Waals surface area (Å²) in [6.45, 7) is 1.77. The van der Waals surface area contributed by atoms with E-state index in [1.807, 2.05) is 6.26 Å². The van der Waals surface area contributed by atoms with Crippen molar-refractivity contribution in [3.8, 4) is 5.75 Å². The summed E-state index contributed by atoms with van der Waals surface area (Å²) in [7, 11) is 0. The van der Waals surface area contributed by atoms with Gasteiger partial charge in [0.05, 0.1) is 5.75 Å². The predicted octanol–water partition coefficient (Wildman–Crippen LogP) is 2.00. The fourth-order valence-corrected chi connectivity index (χ4v) is 1.41. The van der Waals surface area contributed by atoms with E-state index in [0.717, 1.165) is 0 Å². The molecule has 0 aliphatic heterocycles. The van der Waals surface area contributed by atoms with Crippen molar-refractivity contribution in [1.82, 2.24) is 0 Å². The van der Waals surface area contributed by atoms with Gasteiger partial charge in [0.1, 0.15) is 5.75 Å². The zero-order valence-corrected chi connectivity index (χ0v) is 9.02. The third-order valence-corrected chi connectivity index (χ3v) is 2.41. The Balaban J connectivity index is 2.76. The van der Waals surface area contributed by atoms with Crippen molar-refractivity contribution in [2.24, 2.45) is 0 Å². The molecule has 0 heterocycles. The molecular weight excluding hydrogens is 198 g/mol. The molecule has 0 saturated carbocycles. The minimum Gasteiger partial charge on any atom is -0.508 e. The maximum atomic E-state index is 11.3. The fourth-order valence-electron chi connectivity index (χ4n) is 1.08. The topological polar surface area (TPSA) is 49.3 Å². The molecule has 0 unspecified atom stereocenters. The van der Waals surface area contributed by atoms with Gasteiger partial charge in [-0.05, 0) is 25.3 Å². The average molecular weight is 211 g/mol. The standard InChI is InChI=1S/C10H13NO2S/c1-7-8(4-3-5-9(7)12)11-10(13)6-14-2/h3-5,12H,6H2,1-2H3,(H,11,13). The summed E-state index contributed by atoms with van der Waals surface area (Å²) in [4.78, 5) is 11.3. The fraction of sp³-hybridized carbons (Fsp3) is 0.300. The van der Waals surface area contributed by atoms with Crippen molar-refractivity contribution in [2.75, 3.05) is 17.3 Å². The van der Waals surface area contributed by atoms with Crippen molar-refractivity contribution in [3.05, 3.63) is 23.8 Å². The number of nitrogens with one attached hydrogen (secondary N) is 1. The first kappa shape index (κ1) is 10.9. The van der Waals surface area contributed by atoms with E-state index in [9.17, 15) is 9.90 Å². The van der Waals surface area contributed by atoms with Gasteiger partial charge in [0.15, 0.2) is 0 Å². The molecule has 0 radical (unpaired) electrons. The highest BCUT2D eigenvalue weighted by molar-refractivity contribution is 7.99. The highest BCUT2D eigenvalue weighted by Gasteiger charge is 2.05. The van der Waals surface area contributed by atoms with Crippen LogP contribution in [0.2, 0.25) is 0 Å². The molecule has 1 aromatic carbocycles. The molecule has 4 heteroatoms. The zero-order valence-electron chi connectivity index (χ0n) is 8.20. The van der Waals surface area contributed by atoms with Crippen LogP contribution >= 0.6 is 11.8 Å². The molecule has 76 valence electrons. The van der Waals surface area contributed by atoms with Crippen LogP contribution in [-0.4, -0.2) is 23.0 Å². The Kier molecular flexibility index (Phi) is 3.83. The minimum atomic E-state index is -0.0498. The van der Waals surface area contributed by atoms with Crippen LogP contribution in [0, 0.1) is 6.92 Å². The first-order valence-corrected chi connectivity index (χ1v) is 5.62. The normalized spacial score (nSPS) is 9.86. The van der Waals surface area contributed by atoms with Gasteiger partial charge >= 0.3 is 0 Å². The molecule has 1 aromatic rings. The lowest BCUT2D eigenvalue weighted by Crippen LogP contribution is -2.14. The van der Waals surface area contributed by atoms with Gasteiger partial charge in [-0.1, -0.05) is 6.07 Å². The first-order chi connectivity index (χ1) is 6.65. The molecule has 0 bridgehead atoms. The maximum Gasteiger partial charge on any atom is 0.234 e. The summed E-state index contributed by atoms with van der Waals surface area (Å²) in [6.07, 6.45) is 1.87. The molecule has 1 amide bonds. The molecule has 0 atom stereocenters. The number of hydrogen-bond donors (Lipinski definition) is 2. The monoisotopic (exact) mass is 211 g/mol. The van der Waals surface area contributed by atoms with Crippen molar-refractivity contribution in [2.45, 2.75) is 6.92 Å². The number of benzene rings is 1. The molecule has 0 saturated heterocycles. The molecule has 2 N–H and O–H groups in total. The number of aromatic hydroxyl groups is 1. The number of phenolic OH excluding ortho intramolecular Hbond substituents is 1. The quantitative estimate of drug-likeness (QED) is 0.804. The lowest BCUT2D eigenvalue weighted by molar-refractivity contribution is -0.113. The van der Waals surface area contributed by atoms with Gasteiger partial charge in [-0.2, -0.15) is 11.8 Å². The van der Waals surface area contributed by atoms with E-state index in [1.165, 1.54) is 11.8 Å². The van der Waals surface area contributed by atoms with Crippen molar-refractivity contribution < 1.29 is 9.90 Å². The Labute approximate surface area is 87.5 Å². The van der Waals surface area contributed by atoms with Gasteiger partial charge in [-0.25, -0.2) is 0 Å². The summed E-state index contributed by atoms with van der Waals surface area (Å²) in [5.74, 6) is 0.577. The molecule has 1 rings (SSSR count). The molecule has 3 nitrogen and oxygen atoms in total. The minimum absolute atomic E-state index is 0.0498. The van der Waals surface area contributed by atoms with Crippen molar-refractivity contribution >= 4 is 23.4 Å². The van der Waals surface area contributed by atoms with Crippen molar-refractivity contribution in [3.63, 3.8) is 0 Å². The Morgan fingerprint density at radius 1 is 1.57 bits per heavy atom. The first-order valence-electron chi connectivity index (χ1n) is 4.22. The van der Waals surface area contributed by atoms with E-state index in [4.69, 9.17) is 0 Å². The summed E-state index contributed by atoms with van der Waals surface area (Å²) in [5, 5.41) is 12.1. The highest BCUT2D eigenvalue weighted by atomic mass is 32.2. The van der Waals surface area contributed by atoms with Crippen LogP contribution in [0.25, 0.3) is 0 Å². The zero-order chi connectivity index (χ0) is 10.6. The second kappa shape index (κ2) is 4.91. The van der Waals surface area contributed by atoms with Crippen LogP contribution in [-0.2, 0) is 4.79 Å². The van der Waals surface area contributed by atoms with E-state index in [-0.39, 0.29) is 11.7 Å². The number of amides is 1. The number of rotatable bonds is 3. The lowest BCUT2D eigenvalue weighted by atomic mass is 10.2. The van der Waals surface area contributed by atoms with Crippen LogP contribution in [0.3, 0.4) is 0 Å². The third-order valence-electron chi connectivity index (χ3n) is 1.85. The van der Waals surface area contributed by atoms with Crippen LogP contribution in [0.1, 0.15) is 5.56 Å². The van der Waals surface area contributed by atoms with E-state index < -0.39 is 0 Å². The van der Waals surface area contributed by atoms with Crippen molar-refractivity contribution in [1.29, 1.82) is 0 Å². The molecule has 0 spiro atoms. The van der Waals surface area contributed by atoms with E-state index >= 15 is 0 Å². The van der Waals surface area contributed by atoms with Crippen LogP contribution in [0.15, 0.2) is 18.2 Å². The second-order valence-electron chi connectivity index (χ2n) is 2.93. The lowest BCUT2D eigenvalue weighted by Gasteiger charge is -2.08. The number of phenols is 1. The molecule has 0 aliphatic carbocycles. The van der Waals surface area contributed by atoms with Gasteiger partial charge in [0, 0.05) is 11.3 Å². The van der Waals surface area contributed by atoms with Gasteiger partial charge in [-0.15, -0.1) is 0 Å². The van der Waals surface area contributed by atoms with E-state index in [0.29, 0.717) is 17.0 Å². The second-order valence-corrected chi connectivity index (χ2v) is 3.80. The highest BCUT2D eigenvalue weighted by Crippen LogP contribution is 2.23. The Bertz CT molecular complexity index is 339. The number of carbonyl (C=O) groups is 1. The Morgan fingerprint density at radius 3 is 2.93 bits per heavy atom. The van der Waals surface area contributed by atoms with E-state index in [1.54, 1.807) is 25.1 Å². The number of thioether (sulfide) groups is 1. The Morgan fingerprint density at radius 2 is 2.29 bits per heavy atom. The molecular formula is C10H13NO2S. The Hall–Kier alpha value is -1.16. The van der Waals surface area contributed by atoms with Gasteiger partial charge < -0.3 is 10.4 Å². The van der Waals surface area contributed by atoms with Gasteiger partial charge in [-0.3, -0.25) is 4.79 Å². The number of carbonyl (C=O) groups excluding carboxylic acids is 1. The molecule has 0 aromatic heterocycles. The average Bonchev–Trinajstić information content (AvgIpc) is 2.13. The SMILES string of the molecule is CSCC(=O)Nc1cccc(O)c1C. The number of anilines is 1. The van der Waals surface area contributed by atoms with Gasteiger partial charge in [0.25, 0.3) is 0 Å². The molecule has 0 fully saturated rings. The number of hydrogen-bond acceptors (Lipinski definition) is 3. The summed E-state index contributed by atoms with van der Waals surface area (Å²) in [5.41, 5.74) is 1.37. The van der Waals surface area contributed by atoms with E-state index in [2.05, 4.69) is 5.32 Å². The molecule has 14 heavy (non-hydrogen) atoms. The van der Waals surface area contributed by atoms with Gasteiger partial charge in [0.2, 0.25) is 5.91 Å².